The molecule has 11 aromatic rings. The summed E-state index contributed by atoms with van der Waals surface area (Å²) >= 11 is 0. The van der Waals surface area contributed by atoms with E-state index in [2.05, 4.69) is 127 Å². The number of hydrogen-bond donors (Lipinski definition) is 0. The Bertz CT molecular complexity index is 4090. The quantitative estimate of drug-likeness (QED) is 0.135. The van der Waals surface area contributed by atoms with Crippen molar-refractivity contribution in [2.45, 2.75) is 85.7 Å². The fourth-order valence-electron chi connectivity index (χ4n) is 9.09. The van der Waals surface area contributed by atoms with Crippen LogP contribution in [0, 0.1) is 19.1 Å². The van der Waals surface area contributed by atoms with Crippen molar-refractivity contribution < 1.29 is 42.3 Å². The van der Waals surface area contributed by atoms with Crippen LogP contribution in [0.1, 0.15) is 125 Å². The van der Waals surface area contributed by atoms with Crippen LogP contribution in [-0.4, -0.2) is 24.1 Å². The van der Waals surface area contributed by atoms with E-state index in [1.54, 1.807) is 48.5 Å². The molecule has 1 radical (unpaired) electrons. The van der Waals surface area contributed by atoms with Gasteiger partial charge in [-0.25, -0.2) is 4.98 Å². The van der Waals surface area contributed by atoms with Crippen molar-refractivity contribution in [2.75, 3.05) is 0 Å². The molecule has 0 aliphatic heterocycles. The summed E-state index contributed by atoms with van der Waals surface area (Å²) in [5.41, 5.74) is 10.9. The number of hydrogen-bond acceptors (Lipinski definition) is 4. The average molecular weight is 1090 g/mol. The molecule has 0 spiro atoms. The van der Waals surface area contributed by atoms with E-state index in [0.717, 1.165) is 62.7 Å². The molecule has 0 aliphatic carbocycles. The van der Waals surface area contributed by atoms with Gasteiger partial charge in [0.25, 0.3) is 0 Å². The molecule has 4 heterocycles. The molecular weight excluding hydrogens is 1020 g/mol. The van der Waals surface area contributed by atoms with Gasteiger partial charge in [0.15, 0.2) is 0 Å². The first-order valence-electron chi connectivity index (χ1n) is 29.3. The molecule has 1 atom stereocenters. The number of para-hydroxylation sites is 5. The van der Waals surface area contributed by atoms with Crippen molar-refractivity contribution in [2.24, 2.45) is 0 Å². The van der Waals surface area contributed by atoms with E-state index in [1.165, 1.54) is 32.5 Å². The Morgan fingerprint density at radius 3 is 1.80 bits per heavy atom. The minimum atomic E-state index is -3.45. The molecular formula is C62H57IrN5O-2. The van der Waals surface area contributed by atoms with Gasteiger partial charge in [0, 0.05) is 60.4 Å². The Hall–Kier alpha value is -6.92. The molecule has 69 heavy (non-hydrogen) atoms. The molecule has 7 aromatic carbocycles. The Labute approximate surface area is 437 Å². The molecule has 4 aromatic heterocycles. The molecule has 0 aliphatic rings. The Morgan fingerprint density at radius 1 is 0.551 bits per heavy atom. The average Bonchev–Trinajstić information content (AvgIpc) is 1.89. The summed E-state index contributed by atoms with van der Waals surface area (Å²) in [5.74, 6) is -4.77. The topological polar surface area (TPSA) is 61.7 Å². The van der Waals surface area contributed by atoms with Crippen molar-refractivity contribution in [3.8, 4) is 45.3 Å². The van der Waals surface area contributed by atoms with Gasteiger partial charge in [-0.3, -0.25) is 9.97 Å². The summed E-state index contributed by atoms with van der Waals surface area (Å²) < 4.78 is 118. The van der Waals surface area contributed by atoms with Gasteiger partial charge in [-0.1, -0.05) is 139 Å². The third-order valence-corrected chi connectivity index (χ3v) is 12.3. The molecule has 0 fully saturated rings. The number of aromatic nitrogens is 5. The van der Waals surface area contributed by atoms with Gasteiger partial charge in [-0.05, 0) is 112 Å². The minimum Gasteiger partial charge on any atom is -0.486 e. The molecule has 1 unspecified atom stereocenters. The number of aryl methyl sites for hydroxylation is 1. The maximum absolute atomic E-state index is 8.99. The van der Waals surface area contributed by atoms with Gasteiger partial charge in [0.1, 0.15) is 0 Å². The maximum atomic E-state index is 8.99. The second kappa shape index (κ2) is 19.6. The van der Waals surface area contributed by atoms with Crippen LogP contribution in [0.5, 0.6) is 0 Å². The van der Waals surface area contributed by atoms with E-state index < -0.39 is 56.0 Å². The number of benzene rings is 7. The van der Waals surface area contributed by atoms with Crippen LogP contribution in [0.25, 0.3) is 89.4 Å². The zero-order valence-electron chi connectivity index (χ0n) is 51.7. The first kappa shape index (κ1) is 33.6. The number of pyridine rings is 1. The summed E-state index contributed by atoms with van der Waals surface area (Å²) in [5, 5.41) is 2.02. The summed E-state index contributed by atoms with van der Waals surface area (Å²) in [4.78, 5) is 14.5. The molecule has 0 amide bonds. The standard InChI is InChI=1S/C37H32N3O.C25H25N2.Ir/c1-22(2)30-20-26(25-12-7-6-8-13-25)21-31(23(3)4)34(30)40-33-17-10-9-16-32(33)39-36(40)29-15-11-14-27-28-19-18-24(5)38-37(28)41-35(27)29;1-17(2)20-13-10-14-21(18(3)4)24(20)27-23-16-9-8-15-22(23)26-25(27)19-11-6-5-7-12-19;/h6-14,16-23H,1-5H3;5-11,13-18H,1-4H3;/q2*-1;/i;1D2,2D3,3D3,4D3,17D,18D;. The van der Waals surface area contributed by atoms with Crippen LogP contribution in [0.15, 0.2) is 162 Å². The minimum absolute atomic E-state index is 0. The van der Waals surface area contributed by atoms with Gasteiger partial charge < -0.3 is 13.6 Å². The molecule has 0 saturated heterocycles. The largest absolute Gasteiger partial charge is 0.486 e. The van der Waals surface area contributed by atoms with Gasteiger partial charge in [0.05, 0.1) is 39.3 Å². The van der Waals surface area contributed by atoms with Gasteiger partial charge in [-0.15, -0.1) is 54.1 Å². The van der Waals surface area contributed by atoms with E-state index in [9.17, 15) is 0 Å². The Kier molecular flexibility index (Phi) is 9.53. The van der Waals surface area contributed by atoms with Crippen molar-refractivity contribution in [1.82, 2.24) is 24.1 Å². The van der Waals surface area contributed by atoms with E-state index in [4.69, 9.17) is 27.2 Å². The number of nitrogens with zero attached hydrogens (tertiary/aromatic N) is 5. The Morgan fingerprint density at radius 2 is 1.16 bits per heavy atom. The molecule has 0 saturated carbocycles. The van der Waals surface area contributed by atoms with Crippen molar-refractivity contribution in [3.05, 3.63) is 198 Å². The van der Waals surface area contributed by atoms with Crippen molar-refractivity contribution in [1.29, 1.82) is 0 Å². The number of furan rings is 1. The van der Waals surface area contributed by atoms with Crippen molar-refractivity contribution in [3.63, 3.8) is 0 Å². The zero-order valence-corrected chi connectivity index (χ0v) is 41.1. The predicted octanol–water partition coefficient (Wildman–Crippen LogP) is 16.7. The summed E-state index contributed by atoms with van der Waals surface area (Å²) in [6, 6.07) is 55.0. The smallest absolute Gasteiger partial charge is 0.216 e. The predicted molar refractivity (Wildman–Crippen MR) is 282 cm³/mol. The van der Waals surface area contributed by atoms with Crippen LogP contribution in [0.2, 0.25) is 0 Å². The molecule has 0 bridgehead atoms. The van der Waals surface area contributed by atoms with E-state index in [0.29, 0.717) is 34.1 Å². The zero-order chi connectivity index (χ0) is 58.1. The molecule has 7 heteroatoms. The maximum Gasteiger partial charge on any atom is 0.216 e. The molecule has 6 nitrogen and oxygen atoms in total. The second-order valence-corrected chi connectivity index (χ2v) is 17.5. The second-order valence-electron chi connectivity index (χ2n) is 17.5. The summed E-state index contributed by atoms with van der Waals surface area (Å²) in [6.07, 6.45) is 0. The summed E-state index contributed by atoms with van der Waals surface area (Å²) in [7, 11) is 0. The van der Waals surface area contributed by atoms with Crippen molar-refractivity contribution >= 4 is 44.1 Å². The van der Waals surface area contributed by atoms with E-state index in [1.807, 2.05) is 25.1 Å². The van der Waals surface area contributed by atoms with Crippen LogP contribution in [0.4, 0.5) is 0 Å². The molecule has 0 N–H and O–H groups in total. The first-order valence-corrected chi connectivity index (χ1v) is 22.6. The third kappa shape index (κ3) is 8.75. The SMILES string of the molecule is Cc1ccc2c(n1)oc1c(-c3nc4ccccc4n3-c3c(C(C)C)cc(-c4ccccc4)cc3C(C)C)[c-]ccc12.[2H]C([2H])C([2H])(c1cccc(C([2H])(C([2H])([2H])[2H])C([2H])([2H])[2H])c1-n1c(-c2[c-]cccc2)nc2ccccc21)C([2H])([2H])[2H].[Ir]. The Balaban J connectivity index is 0.000000195. The van der Waals surface area contributed by atoms with Crippen LogP contribution < -0.4 is 0 Å². The van der Waals surface area contributed by atoms with Gasteiger partial charge >= 0.3 is 0 Å². The van der Waals surface area contributed by atoms with Crippen LogP contribution in [-0.2, 0) is 20.1 Å². The number of imidazole rings is 2. The van der Waals surface area contributed by atoms with Gasteiger partial charge in [0.2, 0.25) is 5.71 Å². The van der Waals surface area contributed by atoms with E-state index in [-0.39, 0.29) is 25.9 Å². The first-order chi connectivity index (χ1) is 38.3. The normalized spacial score (nSPS) is 16.0. The van der Waals surface area contributed by atoms with E-state index >= 15 is 0 Å². The fraction of sp³-hybridized carbons (Fsp3) is 0.210. The van der Waals surface area contributed by atoms with Gasteiger partial charge in [-0.2, -0.15) is 0 Å². The van der Waals surface area contributed by atoms with Crippen LogP contribution >= 0.6 is 0 Å². The fourth-order valence-corrected chi connectivity index (χ4v) is 9.09. The van der Waals surface area contributed by atoms with Crippen LogP contribution in [0.3, 0.4) is 0 Å². The third-order valence-electron chi connectivity index (χ3n) is 12.3. The number of fused-ring (bicyclic) bond motifs is 5. The monoisotopic (exact) mass is 1090 g/mol. The molecule has 11 rings (SSSR count). The molecule has 347 valence electrons. The summed E-state index contributed by atoms with van der Waals surface area (Å²) in [6.45, 7) is -1.43. The number of rotatable bonds is 9.